The third kappa shape index (κ3) is 13.3. The molecule has 0 aliphatic heterocycles. The van der Waals surface area contributed by atoms with Crippen molar-refractivity contribution in [2.75, 3.05) is 64.4 Å². The lowest BCUT2D eigenvalue weighted by Gasteiger charge is -2.65. The van der Waals surface area contributed by atoms with Gasteiger partial charge in [0.25, 0.3) is 0 Å². The first kappa shape index (κ1) is 52.0. The molecule has 4 aliphatic rings. The number of rotatable bonds is 31. The van der Waals surface area contributed by atoms with Gasteiger partial charge < -0.3 is 41.6 Å². The number of anilines is 1. The topological polar surface area (TPSA) is 177 Å². The number of fused-ring (bicyclic) bond motifs is 6. The van der Waals surface area contributed by atoms with Crippen molar-refractivity contribution in [2.24, 2.45) is 63.5 Å². The zero-order valence-electron chi connectivity index (χ0n) is 41.5. The number of benzene rings is 1. The van der Waals surface area contributed by atoms with Crippen LogP contribution in [0.15, 0.2) is 22.8 Å². The maximum atomic E-state index is 13.9. The highest BCUT2D eigenvalue weighted by molar-refractivity contribution is 5.86. The van der Waals surface area contributed by atoms with Gasteiger partial charge in [0.2, 0.25) is 5.91 Å². The van der Waals surface area contributed by atoms with Crippen molar-refractivity contribution in [1.82, 2.24) is 15.2 Å². The van der Waals surface area contributed by atoms with E-state index in [9.17, 15) is 4.79 Å². The van der Waals surface area contributed by atoms with E-state index in [1.807, 2.05) is 18.2 Å². The zero-order chi connectivity index (χ0) is 46.1. The summed E-state index contributed by atoms with van der Waals surface area (Å²) in [7, 11) is 0. The van der Waals surface area contributed by atoms with Crippen LogP contribution in [-0.4, -0.2) is 98.5 Å². The normalized spacial score (nSPS) is 30.2. The van der Waals surface area contributed by atoms with E-state index in [1.165, 1.54) is 51.4 Å². The second-order valence-electron chi connectivity index (χ2n) is 21.4. The molecule has 1 aromatic carbocycles. The first-order valence-corrected chi connectivity index (χ1v) is 26.9. The number of aromatic nitrogens is 2. The quantitative estimate of drug-likeness (QED) is 0.0530. The van der Waals surface area contributed by atoms with Crippen LogP contribution in [0.1, 0.15) is 169 Å². The summed E-state index contributed by atoms with van der Waals surface area (Å²) in [6.45, 7) is 16.9. The molecule has 6 rings (SSSR count). The van der Waals surface area contributed by atoms with E-state index < -0.39 is 0 Å². The lowest BCUT2D eigenvalue weighted by molar-refractivity contribution is -0.227. The summed E-state index contributed by atoms with van der Waals surface area (Å²) in [5.74, 6) is 3.68. The molecular weight excluding hydrogens is 815 g/mol. The number of nitrogens with two attached hydrogens (primary N) is 3. The van der Waals surface area contributed by atoms with E-state index in [1.54, 1.807) is 0 Å². The van der Waals surface area contributed by atoms with Crippen LogP contribution < -0.4 is 22.5 Å². The summed E-state index contributed by atoms with van der Waals surface area (Å²) < 4.78 is 25.5. The zero-order valence-corrected chi connectivity index (χ0v) is 41.5. The smallest absolute Gasteiger partial charge is 0.222 e. The van der Waals surface area contributed by atoms with Gasteiger partial charge in [-0.25, -0.2) is 4.63 Å². The van der Waals surface area contributed by atoms with Gasteiger partial charge in [-0.15, -0.1) is 0 Å². The Labute approximate surface area is 393 Å². The van der Waals surface area contributed by atoms with Crippen molar-refractivity contribution in [3.05, 3.63) is 18.2 Å². The van der Waals surface area contributed by atoms with Crippen LogP contribution in [0.25, 0.3) is 11.0 Å². The van der Waals surface area contributed by atoms with E-state index >= 15 is 0 Å². The third-order valence-electron chi connectivity index (χ3n) is 17.4. The van der Waals surface area contributed by atoms with Crippen molar-refractivity contribution in [3.8, 4) is 0 Å². The van der Waals surface area contributed by atoms with Gasteiger partial charge in [0.05, 0.1) is 24.0 Å². The second-order valence-corrected chi connectivity index (χ2v) is 21.4. The number of carbonyl (C=O) groups excluding carboxylic acids is 1. The molecule has 0 spiro atoms. The second kappa shape index (κ2) is 26.4. The average molecular weight is 908 g/mol. The third-order valence-corrected chi connectivity index (χ3v) is 17.4. The molecule has 0 saturated heterocycles. The van der Waals surface area contributed by atoms with Crippen LogP contribution in [-0.2, 0) is 19.0 Å². The Balaban J connectivity index is 1.09. The fraction of sp³-hybridized carbons (Fsp3) is 0.868. The molecule has 2 unspecified atom stereocenters. The number of hydrogen-bond donors (Lipinski definition) is 4. The standard InChI is InChI=1S/C53H93N7O5/c1-5-6-7-8-9-13-31-60(49(61)22-11-10-12-30-57-45-20-14-21-46-51(45)59-65-58-46)32-15-19-39(2)42-23-24-43-50-44(38-48(53(42,43)4)64-35-18-29-56)52(3)26-25-41(62-33-16-27-54)36-40(52)37-47(50)63-34-17-28-55/h14,20-21,39-44,47-48,50,57H,5-13,15-19,22-38,54-56H2,1-4H3/t39-,40?,41-,42-,43+,44+,47-,48+,50?,52+,53-/m1/s1. The summed E-state index contributed by atoms with van der Waals surface area (Å²) in [4.78, 5) is 16.1. The van der Waals surface area contributed by atoms with Crippen molar-refractivity contribution in [3.63, 3.8) is 0 Å². The van der Waals surface area contributed by atoms with E-state index in [0.29, 0.717) is 73.6 Å². The number of hydrogen-bond acceptors (Lipinski definition) is 11. The number of nitrogens with one attached hydrogen (secondary N) is 1. The predicted molar refractivity (Wildman–Crippen MR) is 263 cm³/mol. The van der Waals surface area contributed by atoms with E-state index in [-0.39, 0.29) is 23.0 Å². The molecule has 1 aromatic heterocycles. The molecule has 12 heteroatoms. The molecule has 12 nitrogen and oxygen atoms in total. The molecule has 11 atom stereocenters. The number of nitrogens with zero attached hydrogens (tertiary/aromatic N) is 3. The molecular formula is C53H93N7O5. The van der Waals surface area contributed by atoms with Gasteiger partial charge in [-0.1, -0.05) is 72.3 Å². The Bertz CT molecular complexity index is 1660. The molecule has 1 amide bonds. The summed E-state index contributed by atoms with van der Waals surface area (Å²) in [6, 6.07) is 5.88. The molecule has 4 aliphatic carbocycles. The number of amides is 1. The molecule has 7 N–H and O–H groups in total. The van der Waals surface area contributed by atoms with Gasteiger partial charge in [0.15, 0.2) is 5.52 Å². The van der Waals surface area contributed by atoms with Gasteiger partial charge in [0.1, 0.15) is 5.52 Å². The molecule has 65 heavy (non-hydrogen) atoms. The van der Waals surface area contributed by atoms with Gasteiger partial charge >= 0.3 is 0 Å². The minimum absolute atomic E-state index is 0.0671. The minimum Gasteiger partial charge on any atom is -0.383 e. The monoisotopic (exact) mass is 908 g/mol. The molecule has 4 fully saturated rings. The van der Waals surface area contributed by atoms with Crippen molar-refractivity contribution >= 4 is 22.6 Å². The SMILES string of the molecule is CCCCCCCCN(CCC[C@@H](C)[C@H]1CC[C@H]2C3[C@H](OCCCN)CC4C[C@H](OCCCN)CC[C@]4(C)[C@H]3C[C@H](OCCCN)[C@]12C)C(=O)CCCCCNc1cccc2nonc12. The molecule has 1 heterocycles. The molecule has 2 aromatic rings. The highest BCUT2D eigenvalue weighted by Crippen LogP contribution is 2.69. The van der Waals surface area contributed by atoms with Gasteiger partial charge in [-0.2, -0.15) is 0 Å². The first-order valence-electron chi connectivity index (χ1n) is 26.9. The fourth-order valence-electron chi connectivity index (χ4n) is 13.8. The molecule has 4 saturated carbocycles. The summed E-state index contributed by atoms with van der Waals surface area (Å²) in [5.41, 5.74) is 20.7. The van der Waals surface area contributed by atoms with Crippen LogP contribution in [0.2, 0.25) is 0 Å². The minimum atomic E-state index is 0.0671. The molecule has 370 valence electrons. The average Bonchev–Trinajstić information content (AvgIpc) is 3.94. The number of carbonyl (C=O) groups is 1. The van der Waals surface area contributed by atoms with Gasteiger partial charge in [0, 0.05) is 51.3 Å². The maximum absolute atomic E-state index is 13.9. The summed E-state index contributed by atoms with van der Waals surface area (Å²) >= 11 is 0. The van der Waals surface area contributed by atoms with Crippen molar-refractivity contribution in [1.29, 1.82) is 0 Å². The van der Waals surface area contributed by atoms with Crippen LogP contribution in [0.3, 0.4) is 0 Å². The Morgan fingerprint density at radius 3 is 2.32 bits per heavy atom. The van der Waals surface area contributed by atoms with E-state index in [0.717, 1.165) is 140 Å². The number of unbranched alkanes of at least 4 members (excludes halogenated alkanes) is 7. The summed E-state index contributed by atoms with van der Waals surface area (Å²) in [5, 5.41) is 11.5. The van der Waals surface area contributed by atoms with Crippen LogP contribution in [0.5, 0.6) is 0 Å². The Kier molecular flexibility index (Phi) is 21.1. The Hall–Kier alpha value is -2.35. The number of ether oxygens (including phenoxy) is 3. The highest BCUT2D eigenvalue weighted by atomic mass is 16.6. The largest absolute Gasteiger partial charge is 0.383 e. The first-order chi connectivity index (χ1) is 31.7. The molecule has 0 radical (unpaired) electrons. The van der Waals surface area contributed by atoms with Crippen molar-refractivity contribution < 1.29 is 23.6 Å². The van der Waals surface area contributed by atoms with Crippen LogP contribution >= 0.6 is 0 Å². The van der Waals surface area contributed by atoms with E-state index in [2.05, 4.69) is 48.2 Å². The van der Waals surface area contributed by atoms with Gasteiger partial charge in [-0.05, 0) is 179 Å². The summed E-state index contributed by atoms with van der Waals surface area (Å²) in [6.07, 6.45) is 24.9. The van der Waals surface area contributed by atoms with E-state index in [4.69, 9.17) is 36.0 Å². The van der Waals surface area contributed by atoms with Gasteiger partial charge in [-0.3, -0.25) is 4.79 Å². The molecule has 0 bridgehead atoms. The Morgan fingerprint density at radius 1 is 0.815 bits per heavy atom. The van der Waals surface area contributed by atoms with Crippen molar-refractivity contribution in [2.45, 2.75) is 187 Å². The lowest BCUT2D eigenvalue weighted by atomic mass is 9.43. The predicted octanol–water partition coefficient (Wildman–Crippen LogP) is 9.88. The Morgan fingerprint density at radius 2 is 1.54 bits per heavy atom. The fourth-order valence-corrected chi connectivity index (χ4v) is 13.8. The van der Waals surface area contributed by atoms with Crippen LogP contribution in [0, 0.1) is 46.3 Å². The highest BCUT2D eigenvalue weighted by Gasteiger charge is 2.66. The van der Waals surface area contributed by atoms with Crippen LogP contribution in [0.4, 0.5) is 5.69 Å². The maximum Gasteiger partial charge on any atom is 0.222 e. The lowest BCUT2D eigenvalue weighted by Crippen LogP contribution is -2.63.